The fourth-order valence-corrected chi connectivity index (χ4v) is 13.4. The van der Waals surface area contributed by atoms with Gasteiger partial charge in [-0.2, -0.15) is 0 Å². The van der Waals surface area contributed by atoms with Gasteiger partial charge in [-0.3, -0.25) is 9.59 Å². The molecule has 14 atom stereocenters. The van der Waals surface area contributed by atoms with Crippen LogP contribution in [-0.4, -0.2) is 64.1 Å². The van der Waals surface area contributed by atoms with E-state index in [0.29, 0.717) is 6.42 Å². The predicted octanol–water partition coefficient (Wildman–Crippen LogP) is 4.77. The van der Waals surface area contributed by atoms with Gasteiger partial charge >= 0.3 is 11.9 Å². The van der Waals surface area contributed by atoms with Gasteiger partial charge in [0.05, 0.1) is 11.7 Å². The van der Waals surface area contributed by atoms with Gasteiger partial charge in [0.2, 0.25) is 0 Å². The molecular formula is C34H52O8. The Balaban J connectivity index is 1.35. The minimum Gasteiger partial charge on any atom is -0.462 e. The van der Waals surface area contributed by atoms with Gasteiger partial charge in [-0.1, -0.05) is 34.6 Å². The van der Waals surface area contributed by atoms with E-state index >= 15 is 0 Å². The summed E-state index contributed by atoms with van der Waals surface area (Å²) in [7, 11) is 0. The number of aliphatic hydroxyl groups excluding tert-OH is 1. The van der Waals surface area contributed by atoms with Crippen molar-refractivity contribution >= 4 is 11.9 Å². The maximum atomic E-state index is 12.8. The normalized spacial score (nSPS) is 56.7. The molecule has 1 unspecified atom stereocenters. The van der Waals surface area contributed by atoms with Crippen molar-refractivity contribution in [1.82, 2.24) is 0 Å². The molecule has 8 heteroatoms. The lowest BCUT2D eigenvalue weighted by Crippen LogP contribution is -2.64. The number of aliphatic hydroxyl groups is 2. The summed E-state index contributed by atoms with van der Waals surface area (Å²) in [5.41, 5.74) is -2.35. The Hall–Kier alpha value is -1.22. The number of fused-ring (bicyclic) bond motifs is 4. The van der Waals surface area contributed by atoms with Gasteiger partial charge in [0.25, 0.3) is 0 Å². The molecule has 8 nitrogen and oxygen atoms in total. The van der Waals surface area contributed by atoms with Crippen molar-refractivity contribution in [3.63, 3.8) is 0 Å². The average molecular weight is 589 g/mol. The monoisotopic (exact) mass is 588 g/mol. The van der Waals surface area contributed by atoms with Crippen LogP contribution in [0.4, 0.5) is 0 Å². The van der Waals surface area contributed by atoms with Crippen molar-refractivity contribution in [2.45, 2.75) is 149 Å². The van der Waals surface area contributed by atoms with Gasteiger partial charge in [-0.25, -0.2) is 0 Å². The number of carbonyl (C=O) groups excluding carboxylic acids is 2. The molecule has 2 heterocycles. The van der Waals surface area contributed by atoms with Crippen LogP contribution in [0.2, 0.25) is 0 Å². The molecule has 0 aromatic rings. The van der Waals surface area contributed by atoms with Crippen LogP contribution in [0.1, 0.15) is 107 Å². The van der Waals surface area contributed by atoms with Crippen LogP contribution in [0.5, 0.6) is 0 Å². The van der Waals surface area contributed by atoms with Crippen LogP contribution in [0.25, 0.3) is 0 Å². The number of rotatable bonds is 3. The molecule has 7 fully saturated rings. The van der Waals surface area contributed by atoms with Gasteiger partial charge < -0.3 is 29.2 Å². The number of esters is 2. The topological polar surface area (TPSA) is 112 Å². The first-order chi connectivity index (χ1) is 19.3. The van der Waals surface area contributed by atoms with Gasteiger partial charge in [-0.15, -0.1) is 0 Å². The first-order valence-corrected chi connectivity index (χ1v) is 16.4. The minimum absolute atomic E-state index is 0.0486. The zero-order valence-electron chi connectivity index (χ0n) is 27.0. The zero-order valence-corrected chi connectivity index (χ0v) is 27.0. The molecule has 0 amide bonds. The number of carbonyl (C=O) groups is 2. The molecule has 2 N–H and O–H groups in total. The third-order valence-corrected chi connectivity index (χ3v) is 14.7. The van der Waals surface area contributed by atoms with Crippen LogP contribution in [0.15, 0.2) is 0 Å². The standard InChI is InChI=1S/C34H52O8/c1-17-14-21-26(29(6,7)38)42-34(41-21)24(17)30(8)12-13-33-16-32(33)11-10-23(40-19(3)36)28(4,5)22(32)15-20(39-18(2)35)25(33)31(30,9)27(34)37/h17,20-27,37-38H,10-16H2,1-9H3/t17-,20+,21+,22?,23+,24-,25+,26+,27-,30-,31-,32-,33+,34+/m1/s1. The Kier molecular flexibility index (Phi) is 5.84. The van der Waals surface area contributed by atoms with Crippen LogP contribution >= 0.6 is 0 Å². The lowest BCUT2D eigenvalue weighted by molar-refractivity contribution is -0.284. The molecule has 42 heavy (non-hydrogen) atoms. The van der Waals surface area contributed by atoms with Gasteiger partial charge in [-0.05, 0) is 86.9 Å². The van der Waals surface area contributed by atoms with Crippen LogP contribution in [0.3, 0.4) is 0 Å². The van der Waals surface area contributed by atoms with Crippen LogP contribution in [-0.2, 0) is 28.5 Å². The van der Waals surface area contributed by atoms with E-state index in [2.05, 4.69) is 34.6 Å². The zero-order chi connectivity index (χ0) is 30.6. The highest BCUT2D eigenvalue weighted by Crippen LogP contribution is 2.90. The maximum absolute atomic E-state index is 12.8. The highest BCUT2D eigenvalue weighted by molar-refractivity contribution is 5.66. The molecule has 0 radical (unpaired) electrons. The van der Waals surface area contributed by atoms with E-state index in [4.69, 9.17) is 18.9 Å². The molecule has 2 aliphatic heterocycles. The molecule has 0 aromatic carbocycles. The molecule has 5 aliphatic carbocycles. The van der Waals surface area contributed by atoms with E-state index in [9.17, 15) is 19.8 Å². The van der Waals surface area contributed by atoms with E-state index in [1.807, 2.05) is 0 Å². The molecule has 0 aromatic heterocycles. The fraction of sp³-hybridized carbons (Fsp3) is 0.941. The number of hydrogen-bond donors (Lipinski definition) is 2. The number of ether oxygens (including phenoxy) is 4. The summed E-state index contributed by atoms with van der Waals surface area (Å²) in [6.07, 6.45) is 4.00. The lowest BCUT2D eigenvalue weighted by atomic mass is 9.40. The summed E-state index contributed by atoms with van der Waals surface area (Å²) >= 11 is 0. The summed E-state index contributed by atoms with van der Waals surface area (Å²) in [5, 5.41) is 23.8. The number of hydrogen-bond acceptors (Lipinski definition) is 8. The Morgan fingerprint density at radius 1 is 0.905 bits per heavy atom. The lowest BCUT2D eigenvalue weighted by Gasteiger charge is -2.64. The predicted molar refractivity (Wildman–Crippen MR) is 153 cm³/mol. The summed E-state index contributed by atoms with van der Waals surface area (Å²) < 4.78 is 25.8. The molecule has 3 spiro atoms. The third kappa shape index (κ3) is 3.19. The van der Waals surface area contributed by atoms with E-state index in [0.717, 1.165) is 38.5 Å². The summed E-state index contributed by atoms with van der Waals surface area (Å²) in [5.74, 6) is -1.37. The fourth-order valence-electron chi connectivity index (χ4n) is 13.4. The third-order valence-electron chi connectivity index (χ3n) is 14.7. The smallest absolute Gasteiger partial charge is 0.302 e. The Labute approximate surface area is 250 Å². The SMILES string of the molecule is CC(=O)O[C@H]1CC2C(C)(C)[C@@H](OC(C)=O)CC[C@@]23C[C@]32CC[C@]3(C)[C@H]4[C@H](C)C[C@@H]5O[C@@]4(O[C@@H]5C(C)(C)O)[C@H](O)[C@@]3(C)[C@H]12. The largest absolute Gasteiger partial charge is 0.462 e. The molecule has 7 rings (SSSR count). The van der Waals surface area contributed by atoms with Gasteiger partial charge in [0, 0.05) is 36.5 Å². The van der Waals surface area contributed by atoms with E-state index in [1.54, 1.807) is 13.8 Å². The second-order valence-electron chi connectivity index (χ2n) is 17.2. The molecular weight excluding hydrogens is 536 g/mol. The highest BCUT2D eigenvalue weighted by Gasteiger charge is 2.89. The van der Waals surface area contributed by atoms with E-state index in [-0.39, 0.29) is 75.6 Å². The average Bonchev–Trinajstić information content (AvgIpc) is 3.35. The Morgan fingerprint density at radius 3 is 2.19 bits per heavy atom. The van der Waals surface area contributed by atoms with Crippen LogP contribution < -0.4 is 0 Å². The molecule has 236 valence electrons. The quantitative estimate of drug-likeness (QED) is 0.454. The van der Waals surface area contributed by atoms with Crippen molar-refractivity contribution in [2.24, 2.45) is 50.7 Å². The second kappa shape index (κ2) is 8.32. The molecule has 5 saturated carbocycles. The highest BCUT2D eigenvalue weighted by atomic mass is 16.8. The first-order valence-electron chi connectivity index (χ1n) is 16.4. The van der Waals surface area contributed by atoms with Crippen molar-refractivity contribution in [3.8, 4) is 0 Å². The van der Waals surface area contributed by atoms with Crippen molar-refractivity contribution < 1.29 is 38.7 Å². The van der Waals surface area contributed by atoms with Gasteiger partial charge in [0.15, 0.2) is 5.79 Å². The summed E-state index contributed by atoms with van der Waals surface area (Å²) in [6, 6.07) is 0. The molecule has 2 bridgehead atoms. The van der Waals surface area contributed by atoms with Crippen molar-refractivity contribution in [3.05, 3.63) is 0 Å². The van der Waals surface area contributed by atoms with Crippen molar-refractivity contribution in [1.29, 1.82) is 0 Å². The minimum atomic E-state index is -1.20. The second-order valence-corrected chi connectivity index (χ2v) is 17.2. The Morgan fingerprint density at radius 2 is 1.57 bits per heavy atom. The van der Waals surface area contributed by atoms with Crippen LogP contribution in [0, 0.1) is 50.7 Å². The van der Waals surface area contributed by atoms with E-state index < -0.39 is 29.0 Å². The van der Waals surface area contributed by atoms with E-state index in [1.165, 1.54) is 13.8 Å². The molecule has 7 aliphatic rings. The first kappa shape index (κ1) is 29.5. The maximum Gasteiger partial charge on any atom is 0.302 e. The summed E-state index contributed by atoms with van der Waals surface area (Å²) in [4.78, 5) is 24.8. The van der Waals surface area contributed by atoms with Gasteiger partial charge in [0.1, 0.15) is 24.4 Å². The molecule has 2 saturated heterocycles. The Bertz CT molecular complexity index is 1210. The summed E-state index contributed by atoms with van der Waals surface area (Å²) in [6.45, 7) is 17.8. The van der Waals surface area contributed by atoms with Crippen molar-refractivity contribution in [2.75, 3.05) is 0 Å².